The normalized spacial score (nSPS) is 26.4. The van der Waals surface area contributed by atoms with Gasteiger partial charge in [0.15, 0.2) is 4.67 Å². The van der Waals surface area contributed by atoms with Gasteiger partial charge in [0.05, 0.1) is 5.60 Å². The molecule has 0 aliphatic heterocycles. The number of hydrogen-bond acceptors (Lipinski definition) is 3. The quantitative estimate of drug-likeness (QED) is 0.831. The molecule has 0 radical (unpaired) electrons. The molecule has 1 aliphatic carbocycles. The third-order valence-corrected chi connectivity index (χ3v) is 2.99. The fraction of sp³-hybridized carbons (Fsp3) is 0.556. The van der Waals surface area contributed by atoms with Crippen molar-refractivity contribution in [2.24, 2.45) is 5.73 Å². The maximum absolute atomic E-state index is 10.2. The summed E-state index contributed by atoms with van der Waals surface area (Å²) in [5, 5.41) is 10.2. The Morgan fingerprint density at radius 3 is 3.15 bits per heavy atom. The number of hydrogen-bond donors (Lipinski definition) is 2. The van der Waals surface area contributed by atoms with Crippen molar-refractivity contribution in [3.8, 4) is 0 Å². The topological polar surface area (TPSA) is 59.4 Å². The molecule has 4 heteroatoms. The largest absolute Gasteiger partial charge is 0.454 e. The lowest BCUT2D eigenvalue weighted by Gasteiger charge is -2.21. The van der Waals surface area contributed by atoms with E-state index in [4.69, 9.17) is 10.2 Å². The van der Waals surface area contributed by atoms with Gasteiger partial charge in [-0.25, -0.2) is 0 Å². The molecule has 0 saturated heterocycles. The van der Waals surface area contributed by atoms with E-state index in [2.05, 4.69) is 15.9 Å². The van der Waals surface area contributed by atoms with E-state index in [9.17, 15) is 5.11 Å². The van der Waals surface area contributed by atoms with Crippen molar-refractivity contribution in [3.05, 3.63) is 22.1 Å². The lowest BCUT2D eigenvalue weighted by atomic mass is 9.94. The van der Waals surface area contributed by atoms with Gasteiger partial charge in [-0.1, -0.05) is 0 Å². The molecule has 0 spiro atoms. The lowest BCUT2D eigenvalue weighted by Crippen LogP contribution is -2.25. The Balaban J connectivity index is 2.35. The number of aryl methyl sites for hydroxylation is 1. The molecule has 1 aromatic heterocycles. The molecule has 3 nitrogen and oxygen atoms in total. The number of nitrogens with two attached hydrogens (primary N) is 1. The minimum atomic E-state index is -0.750. The average Bonchev–Trinajstić information content (AvgIpc) is 2.54. The molecule has 13 heavy (non-hydrogen) atoms. The van der Waals surface area contributed by atoms with Crippen LogP contribution in [0, 0.1) is 0 Å². The lowest BCUT2D eigenvalue weighted by molar-refractivity contribution is 0.0321. The monoisotopic (exact) mass is 245 g/mol. The summed E-state index contributed by atoms with van der Waals surface area (Å²) < 4.78 is 6.07. The Labute approximate surface area is 85.0 Å². The Kier molecular flexibility index (Phi) is 2.21. The van der Waals surface area contributed by atoms with Crippen molar-refractivity contribution in [2.75, 3.05) is 6.54 Å². The predicted octanol–water partition coefficient (Wildman–Crippen LogP) is 1.52. The number of aliphatic hydroxyl groups is 1. The summed E-state index contributed by atoms with van der Waals surface area (Å²) >= 11 is 3.25. The van der Waals surface area contributed by atoms with Gasteiger partial charge in [-0.15, -0.1) is 0 Å². The molecule has 1 aliphatic rings. The number of halogens is 1. The molecule has 0 aromatic carbocycles. The zero-order chi connectivity index (χ0) is 9.47. The molecule has 2 rings (SSSR count). The van der Waals surface area contributed by atoms with Crippen LogP contribution in [0.15, 0.2) is 15.2 Å². The highest BCUT2D eigenvalue weighted by Gasteiger charge is 2.38. The summed E-state index contributed by atoms with van der Waals surface area (Å²) in [6.07, 6.45) is 2.13. The second-order valence-electron chi connectivity index (χ2n) is 3.46. The minimum absolute atomic E-state index is 0.499. The van der Waals surface area contributed by atoms with Crippen LogP contribution in [0.1, 0.15) is 24.2 Å². The summed E-state index contributed by atoms with van der Waals surface area (Å²) in [5.74, 6) is 0.892. The van der Waals surface area contributed by atoms with Crippen LogP contribution in [0.3, 0.4) is 0 Å². The van der Waals surface area contributed by atoms with E-state index >= 15 is 0 Å². The molecule has 0 fully saturated rings. The molecular weight excluding hydrogens is 234 g/mol. The van der Waals surface area contributed by atoms with Gasteiger partial charge in [-0.2, -0.15) is 0 Å². The number of furan rings is 1. The third-order valence-electron chi connectivity index (χ3n) is 2.60. The van der Waals surface area contributed by atoms with E-state index in [0.29, 0.717) is 17.6 Å². The van der Waals surface area contributed by atoms with E-state index in [1.54, 1.807) is 0 Å². The predicted molar refractivity (Wildman–Crippen MR) is 52.3 cm³/mol. The van der Waals surface area contributed by atoms with E-state index in [0.717, 1.165) is 24.2 Å². The first-order valence-electron chi connectivity index (χ1n) is 4.37. The van der Waals surface area contributed by atoms with Gasteiger partial charge in [0.2, 0.25) is 0 Å². The van der Waals surface area contributed by atoms with Gasteiger partial charge in [0.1, 0.15) is 5.76 Å². The van der Waals surface area contributed by atoms with Crippen molar-refractivity contribution in [1.82, 2.24) is 0 Å². The van der Waals surface area contributed by atoms with Gasteiger partial charge in [-0.05, 0) is 41.4 Å². The third kappa shape index (κ3) is 1.43. The van der Waals surface area contributed by atoms with E-state index in [1.807, 2.05) is 6.07 Å². The Morgan fingerprint density at radius 1 is 1.69 bits per heavy atom. The molecule has 1 unspecified atom stereocenters. The second-order valence-corrected chi connectivity index (χ2v) is 4.24. The number of rotatable bonds is 2. The molecular formula is C9H12BrNO2. The van der Waals surface area contributed by atoms with Crippen LogP contribution in [0.25, 0.3) is 0 Å². The summed E-state index contributed by atoms with van der Waals surface area (Å²) in [7, 11) is 0. The van der Waals surface area contributed by atoms with E-state index in [1.165, 1.54) is 0 Å². The molecule has 72 valence electrons. The standard InChI is InChI=1S/C9H12BrNO2/c10-8-5-6-7(13-8)1-2-9(6,12)3-4-11/h5,12H,1-4,11H2. The summed E-state index contributed by atoms with van der Waals surface area (Å²) in [6, 6.07) is 1.85. The fourth-order valence-corrected chi connectivity index (χ4v) is 2.35. The van der Waals surface area contributed by atoms with Crippen LogP contribution >= 0.6 is 15.9 Å². The van der Waals surface area contributed by atoms with E-state index in [-0.39, 0.29) is 0 Å². The van der Waals surface area contributed by atoms with Crippen molar-refractivity contribution >= 4 is 15.9 Å². The highest BCUT2D eigenvalue weighted by Crippen LogP contribution is 2.41. The molecule has 0 saturated carbocycles. The minimum Gasteiger partial charge on any atom is -0.454 e. The Hall–Kier alpha value is -0.320. The van der Waals surface area contributed by atoms with Crippen LogP contribution in [-0.2, 0) is 12.0 Å². The van der Waals surface area contributed by atoms with Crippen molar-refractivity contribution in [3.63, 3.8) is 0 Å². The van der Waals surface area contributed by atoms with Gasteiger partial charge < -0.3 is 15.3 Å². The van der Waals surface area contributed by atoms with Gasteiger partial charge in [-0.3, -0.25) is 0 Å². The Morgan fingerprint density at radius 2 is 2.46 bits per heavy atom. The zero-order valence-electron chi connectivity index (χ0n) is 7.22. The first-order chi connectivity index (χ1) is 6.15. The SMILES string of the molecule is NCCC1(O)CCc2oc(Br)cc21. The molecule has 0 bridgehead atoms. The highest BCUT2D eigenvalue weighted by molar-refractivity contribution is 9.10. The molecule has 0 amide bonds. The van der Waals surface area contributed by atoms with Crippen LogP contribution in [-0.4, -0.2) is 11.7 Å². The summed E-state index contributed by atoms with van der Waals surface area (Å²) in [4.78, 5) is 0. The summed E-state index contributed by atoms with van der Waals surface area (Å²) in [5.41, 5.74) is 5.61. The van der Waals surface area contributed by atoms with Crippen molar-refractivity contribution in [2.45, 2.75) is 24.9 Å². The smallest absolute Gasteiger partial charge is 0.169 e. The first kappa shape index (κ1) is 9.24. The first-order valence-corrected chi connectivity index (χ1v) is 5.16. The second kappa shape index (κ2) is 3.12. The van der Waals surface area contributed by atoms with Gasteiger partial charge in [0.25, 0.3) is 0 Å². The highest BCUT2D eigenvalue weighted by atomic mass is 79.9. The molecule has 3 N–H and O–H groups in total. The van der Waals surface area contributed by atoms with Crippen LogP contribution < -0.4 is 5.73 Å². The van der Waals surface area contributed by atoms with Crippen molar-refractivity contribution < 1.29 is 9.52 Å². The van der Waals surface area contributed by atoms with Gasteiger partial charge in [0, 0.05) is 12.0 Å². The zero-order valence-corrected chi connectivity index (χ0v) is 8.80. The van der Waals surface area contributed by atoms with E-state index < -0.39 is 5.60 Å². The molecule has 1 atom stereocenters. The number of fused-ring (bicyclic) bond motifs is 1. The fourth-order valence-electron chi connectivity index (χ4n) is 1.93. The molecule has 1 heterocycles. The van der Waals surface area contributed by atoms with Gasteiger partial charge >= 0.3 is 0 Å². The Bertz CT molecular complexity index is 323. The van der Waals surface area contributed by atoms with Crippen molar-refractivity contribution in [1.29, 1.82) is 0 Å². The van der Waals surface area contributed by atoms with Crippen LogP contribution in [0.5, 0.6) is 0 Å². The van der Waals surface area contributed by atoms with Crippen LogP contribution in [0.2, 0.25) is 0 Å². The summed E-state index contributed by atoms with van der Waals surface area (Å²) in [6.45, 7) is 0.499. The maximum Gasteiger partial charge on any atom is 0.169 e. The average molecular weight is 246 g/mol. The van der Waals surface area contributed by atoms with Crippen LogP contribution in [0.4, 0.5) is 0 Å². The molecule has 1 aromatic rings. The maximum atomic E-state index is 10.2.